The fourth-order valence-electron chi connectivity index (χ4n) is 2.16. The van der Waals surface area contributed by atoms with E-state index in [0.29, 0.717) is 6.54 Å². The maximum atomic E-state index is 13.1. The third-order valence-electron chi connectivity index (χ3n) is 2.87. The van der Waals surface area contributed by atoms with Crippen LogP contribution < -0.4 is 5.32 Å². The minimum atomic E-state index is -0.164. The van der Waals surface area contributed by atoms with Crippen LogP contribution in [0.5, 0.6) is 0 Å². The van der Waals surface area contributed by atoms with Crippen molar-refractivity contribution < 1.29 is 4.39 Å². The lowest BCUT2D eigenvalue weighted by atomic mass is 9.87. The Kier molecular flexibility index (Phi) is 3.03. The number of terminal acetylenes is 1. The first-order valence-electron chi connectivity index (χ1n) is 5.26. The molecule has 1 aromatic carbocycles. The summed E-state index contributed by atoms with van der Waals surface area (Å²) >= 11 is 0. The molecule has 1 unspecified atom stereocenters. The summed E-state index contributed by atoms with van der Waals surface area (Å²) in [5.74, 6) is 2.39. The molecule has 0 aliphatic heterocycles. The fourth-order valence-corrected chi connectivity index (χ4v) is 2.16. The van der Waals surface area contributed by atoms with Crippen molar-refractivity contribution in [1.29, 1.82) is 0 Å². The number of hydrogen-bond donors (Lipinski definition) is 1. The van der Waals surface area contributed by atoms with Crippen molar-refractivity contribution in [2.75, 3.05) is 6.54 Å². The Morgan fingerprint density at radius 1 is 1.53 bits per heavy atom. The van der Waals surface area contributed by atoms with Crippen molar-refractivity contribution in [2.45, 2.75) is 25.3 Å². The van der Waals surface area contributed by atoms with Gasteiger partial charge in [0.15, 0.2) is 0 Å². The molecule has 1 aliphatic carbocycles. The van der Waals surface area contributed by atoms with Crippen LogP contribution in [0.25, 0.3) is 0 Å². The van der Waals surface area contributed by atoms with Gasteiger partial charge in [-0.15, -0.1) is 6.42 Å². The predicted molar refractivity (Wildman–Crippen MR) is 58.9 cm³/mol. The number of benzene rings is 1. The highest BCUT2D eigenvalue weighted by Gasteiger charge is 2.19. The Morgan fingerprint density at radius 2 is 2.40 bits per heavy atom. The lowest BCUT2D eigenvalue weighted by Gasteiger charge is -2.25. The number of hydrogen-bond acceptors (Lipinski definition) is 1. The molecule has 1 N–H and O–H groups in total. The van der Waals surface area contributed by atoms with Gasteiger partial charge in [0.2, 0.25) is 0 Å². The van der Waals surface area contributed by atoms with Crippen LogP contribution in [0.4, 0.5) is 4.39 Å². The SMILES string of the molecule is C#CCNC1CCCc2ccc(F)cc21. The second-order valence-corrected chi connectivity index (χ2v) is 3.87. The van der Waals surface area contributed by atoms with Gasteiger partial charge in [-0.2, -0.15) is 0 Å². The molecule has 0 saturated carbocycles. The maximum absolute atomic E-state index is 13.1. The highest BCUT2D eigenvalue weighted by atomic mass is 19.1. The molecule has 0 heterocycles. The zero-order valence-corrected chi connectivity index (χ0v) is 8.59. The lowest BCUT2D eigenvalue weighted by molar-refractivity contribution is 0.478. The van der Waals surface area contributed by atoms with Crippen molar-refractivity contribution in [2.24, 2.45) is 0 Å². The summed E-state index contributed by atoms with van der Waals surface area (Å²) in [6.45, 7) is 0.542. The van der Waals surface area contributed by atoms with Crippen molar-refractivity contribution in [3.8, 4) is 12.3 Å². The Morgan fingerprint density at radius 3 is 3.20 bits per heavy atom. The molecular formula is C13H14FN. The van der Waals surface area contributed by atoms with Gasteiger partial charge in [0.05, 0.1) is 6.54 Å². The van der Waals surface area contributed by atoms with Gasteiger partial charge in [0, 0.05) is 6.04 Å². The summed E-state index contributed by atoms with van der Waals surface area (Å²) in [6.07, 6.45) is 8.43. The van der Waals surface area contributed by atoms with E-state index in [1.54, 1.807) is 6.07 Å². The number of halogens is 1. The Balaban J connectivity index is 2.25. The van der Waals surface area contributed by atoms with E-state index in [-0.39, 0.29) is 11.9 Å². The zero-order chi connectivity index (χ0) is 10.7. The highest BCUT2D eigenvalue weighted by molar-refractivity contribution is 5.33. The zero-order valence-electron chi connectivity index (χ0n) is 8.59. The Bertz CT molecular complexity index is 392. The molecule has 0 saturated heterocycles. The number of rotatable bonds is 2. The Labute approximate surface area is 89.7 Å². The van der Waals surface area contributed by atoms with Gasteiger partial charge in [0.1, 0.15) is 5.82 Å². The van der Waals surface area contributed by atoms with E-state index in [4.69, 9.17) is 6.42 Å². The summed E-state index contributed by atoms with van der Waals surface area (Å²) in [5.41, 5.74) is 2.33. The molecular weight excluding hydrogens is 189 g/mol. The molecule has 0 spiro atoms. The lowest BCUT2D eigenvalue weighted by Crippen LogP contribution is -2.25. The van der Waals surface area contributed by atoms with E-state index in [9.17, 15) is 4.39 Å². The van der Waals surface area contributed by atoms with Gasteiger partial charge in [0.25, 0.3) is 0 Å². The van der Waals surface area contributed by atoms with Crippen LogP contribution >= 0.6 is 0 Å². The Hall–Kier alpha value is -1.33. The third kappa shape index (κ3) is 2.19. The van der Waals surface area contributed by atoms with E-state index in [0.717, 1.165) is 24.8 Å². The molecule has 1 aliphatic rings. The average Bonchev–Trinajstić information content (AvgIpc) is 2.26. The average molecular weight is 203 g/mol. The minimum Gasteiger partial charge on any atom is -0.299 e. The predicted octanol–water partition coefficient (Wildman–Crippen LogP) is 2.43. The van der Waals surface area contributed by atoms with Gasteiger partial charge in [-0.3, -0.25) is 5.32 Å². The van der Waals surface area contributed by atoms with Crippen LogP contribution in [0.3, 0.4) is 0 Å². The largest absolute Gasteiger partial charge is 0.299 e. The summed E-state index contributed by atoms with van der Waals surface area (Å²) in [7, 11) is 0. The van der Waals surface area contributed by atoms with E-state index in [2.05, 4.69) is 11.2 Å². The van der Waals surface area contributed by atoms with Crippen LogP contribution in [0.15, 0.2) is 18.2 Å². The summed E-state index contributed by atoms with van der Waals surface area (Å²) in [6, 6.07) is 5.26. The molecule has 1 aromatic rings. The first-order chi connectivity index (χ1) is 7.31. The molecule has 0 fully saturated rings. The third-order valence-corrected chi connectivity index (χ3v) is 2.87. The molecule has 0 aromatic heterocycles. The fraction of sp³-hybridized carbons (Fsp3) is 0.385. The van der Waals surface area contributed by atoms with E-state index >= 15 is 0 Å². The monoisotopic (exact) mass is 203 g/mol. The molecule has 0 radical (unpaired) electrons. The molecule has 1 atom stereocenters. The molecule has 78 valence electrons. The molecule has 2 rings (SSSR count). The van der Waals surface area contributed by atoms with Gasteiger partial charge >= 0.3 is 0 Å². The van der Waals surface area contributed by atoms with Gasteiger partial charge < -0.3 is 0 Å². The van der Waals surface area contributed by atoms with Crippen molar-refractivity contribution in [1.82, 2.24) is 5.32 Å². The summed E-state index contributed by atoms with van der Waals surface area (Å²) < 4.78 is 13.1. The van der Waals surface area contributed by atoms with Gasteiger partial charge in [-0.25, -0.2) is 4.39 Å². The van der Waals surface area contributed by atoms with Crippen molar-refractivity contribution in [3.63, 3.8) is 0 Å². The van der Waals surface area contributed by atoms with Crippen LogP contribution in [-0.4, -0.2) is 6.54 Å². The number of fused-ring (bicyclic) bond motifs is 1. The molecule has 1 nitrogen and oxygen atoms in total. The smallest absolute Gasteiger partial charge is 0.123 e. The maximum Gasteiger partial charge on any atom is 0.123 e. The van der Waals surface area contributed by atoms with E-state index in [1.807, 2.05) is 6.07 Å². The van der Waals surface area contributed by atoms with E-state index in [1.165, 1.54) is 11.6 Å². The van der Waals surface area contributed by atoms with Crippen LogP contribution in [0, 0.1) is 18.2 Å². The summed E-state index contributed by atoms with van der Waals surface area (Å²) in [5, 5.41) is 3.25. The van der Waals surface area contributed by atoms with Crippen molar-refractivity contribution >= 4 is 0 Å². The summed E-state index contributed by atoms with van der Waals surface area (Å²) in [4.78, 5) is 0. The topological polar surface area (TPSA) is 12.0 Å². The number of aryl methyl sites for hydroxylation is 1. The van der Waals surface area contributed by atoms with Crippen molar-refractivity contribution in [3.05, 3.63) is 35.1 Å². The second kappa shape index (κ2) is 4.46. The normalized spacial score (nSPS) is 19.3. The van der Waals surface area contributed by atoms with Crippen LogP contribution in [0.2, 0.25) is 0 Å². The quantitative estimate of drug-likeness (QED) is 0.728. The van der Waals surface area contributed by atoms with E-state index < -0.39 is 0 Å². The van der Waals surface area contributed by atoms with Crippen LogP contribution in [0.1, 0.15) is 30.0 Å². The van der Waals surface area contributed by atoms with Gasteiger partial charge in [-0.1, -0.05) is 12.0 Å². The number of nitrogens with one attached hydrogen (secondary N) is 1. The first kappa shape index (κ1) is 10.2. The molecule has 0 bridgehead atoms. The second-order valence-electron chi connectivity index (χ2n) is 3.87. The van der Waals surface area contributed by atoms with Gasteiger partial charge in [-0.05, 0) is 42.5 Å². The minimum absolute atomic E-state index is 0.164. The first-order valence-corrected chi connectivity index (χ1v) is 5.26. The van der Waals surface area contributed by atoms with Crippen LogP contribution in [-0.2, 0) is 6.42 Å². The standard InChI is InChI=1S/C13H14FN/c1-2-8-15-13-5-3-4-10-6-7-11(14)9-12(10)13/h1,6-7,9,13,15H,3-5,8H2. The highest BCUT2D eigenvalue weighted by Crippen LogP contribution is 2.29. The molecule has 15 heavy (non-hydrogen) atoms. The molecule has 0 amide bonds. The molecule has 2 heteroatoms.